The van der Waals surface area contributed by atoms with Crippen molar-refractivity contribution in [3.8, 4) is 0 Å². The van der Waals surface area contributed by atoms with Gasteiger partial charge in [0.2, 0.25) is 5.91 Å². The van der Waals surface area contributed by atoms with E-state index in [1.807, 2.05) is 0 Å². The van der Waals surface area contributed by atoms with Gasteiger partial charge in [0.25, 0.3) is 0 Å². The van der Waals surface area contributed by atoms with Crippen molar-refractivity contribution in [2.24, 2.45) is 0 Å². The summed E-state index contributed by atoms with van der Waals surface area (Å²) in [6, 6.07) is -0.981. The third-order valence-corrected chi connectivity index (χ3v) is 7.48. The Balaban J connectivity index is 3.79. The minimum absolute atomic E-state index is 0.356. The maximum atomic E-state index is 12.3. The van der Waals surface area contributed by atoms with Gasteiger partial charge in [-0.15, -0.1) is 0 Å². The topological polar surface area (TPSA) is 110 Å². The van der Waals surface area contributed by atoms with Gasteiger partial charge in [-0.1, -0.05) is 129 Å². The maximum absolute atomic E-state index is 12.3. The van der Waals surface area contributed by atoms with Gasteiger partial charge in [-0.25, -0.2) is 0 Å². The SMILES string of the molecule is CCCCCCCCCCC/C=C\CCCCCCC(O)C(=O)NC(CO)C(O)C(O)CCCCCCC. The molecule has 0 aromatic carbocycles. The number of rotatable bonds is 28. The van der Waals surface area contributed by atoms with Gasteiger partial charge in [0.1, 0.15) is 12.2 Å². The van der Waals surface area contributed by atoms with Gasteiger partial charge in [-0.3, -0.25) is 4.79 Å². The van der Waals surface area contributed by atoms with Crippen molar-refractivity contribution in [2.45, 2.75) is 179 Å². The number of allylic oxidation sites excluding steroid dienone is 2. The molecule has 38 heavy (non-hydrogen) atoms. The molecule has 0 aromatic heterocycles. The first-order chi connectivity index (χ1) is 18.5. The van der Waals surface area contributed by atoms with E-state index in [1.165, 1.54) is 64.2 Å². The van der Waals surface area contributed by atoms with E-state index in [4.69, 9.17) is 0 Å². The molecule has 226 valence electrons. The molecule has 0 heterocycles. The fraction of sp³-hybridized carbons (Fsp3) is 0.906. The zero-order valence-electron chi connectivity index (χ0n) is 24.9. The van der Waals surface area contributed by atoms with Crippen LogP contribution in [0.4, 0.5) is 0 Å². The predicted octanol–water partition coefficient (Wildman–Crippen LogP) is 6.72. The highest BCUT2D eigenvalue weighted by molar-refractivity contribution is 5.80. The average Bonchev–Trinajstić information content (AvgIpc) is 2.92. The number of unbranched alkanes of at least 4 members (excludes halogenated alkanes) is 17. The second-order valence-corrected chi connectivity index (χ2v) is 11.2. The number of hydrogen-bond donors (Lipinski definition) is 5. The van der Waals surface area contributed by atoms with Crippen molar-refractivity contribution < 1.29 is 25.2 Å². The van der Waals surface area contributed by atoms with E-state index in [1.54, 1.807) is 0 Å². The molecule has 0 aliphatic heterocycles. The van der Waals surface area contributed by atoms with Crippen LogP contribution in [0.5, 0.6) is 0 Å². The van der Waals surface area contributed by atoms with Gasteiger partial charge in [0.15, 0.2) is 0 Å². The highest BCUT2D eigenvalue weighted by atomic mass is 16.3. The summed E-state index contributed by atoms with van der Waals surface area (Å²) in [4.78, 5) is 12.3. The van der Waals surface area contributed by atoms with Crippen LogP contribution >= 0.6 is 0 Å². The molecule has 0 saturated heterocycles. The zero-order valence-corrected chi connectivity index (χ0v) is 24.9. The first-order valence-electron chi connectivity index (χ1n) is 16.1. The molecular formula is C32H63NO5. The summed E-state index contributed by atoms with van der Waals surface area (Å²) in [5, 5.41) is 42.8. The third kappa shape index (κ3) is 21.9. The third-order valence-electron chi connectivity index (χ3n) is 7.48. The second-order valence-electron chi connectivity index (χ2n) is 11.2. The van der Waals surface area contributed by atoms with Crippen molar-refractivity contribution in [2.75, 3.05) is 6.61 Å². The van der Waals surface area contributed by atoms with Crippen LogP contribution in [0.15, 0.2) is 12.2 Å². The Bertz CT molecular complexity index is 542. The van der Waals surface area contributed by atoms with E-state index in [-0.39, 0.29) is 0 Å². The molecule has 0 fully saturated rings. The number of amides is 1. The molecule has 5 N–H and O–H groups in total. The Morgan fingerprint density at radius 2 is 1.05 bits per heavy atom. The molecule has 0 aromatic rings. The Kier molecular flexibility index (Phi) is 26.9. The van der Waals surface area contributed by atoms with Gasteiger partial charge in [0.05, 0.1) is 18.8 Å². The summed E-state index contributed by atoms with van der Waals surface area (Å²) in [7, 11) is 0. The number of aliphatic hydroxyl groups excluding tert-OH is 4. The van der Waals surface area contributed by atoms with Crippen LogP contribution in [0, 0.1) is 0 Å². The van der Waals surface area contributed by atoms with Crippen molar-refractivity contribution in [1.82, 2.24) is 5.32 Å². The van der Waals surface area contributed by atoms with Crippen LogP contribution < -0.4 is 5.32 Å². The number of carbonyl (C=O) groups excluding carboxylic acids is 1. The lowest BCUT2D eigenvalue weighted by atomic mass is 9.99. The quantitative estimate of drug-likeness (QED) is 0.0557. The van der Waals surface area contributed by atoms with Gasteiger partial charge >= 0.3 is 0 Å². The van der Waals surface area contributed by atoms with Crippen molar-refractivity contribution in [1.29, 1.82) is 0 Å². The molecule has 0 aliphatic rings. The Labute approximate surface area is 234 Å². The van der Waals surface area contributed by atoms with Crippen LogP contribution in [0.1, 0.15) is 155 Å². The summed E-state index contributed by atoms with van der Waals surface area (Å²) < 4.78 is 0. The highest BCUT2D eigenvalue weighted by Gasteiger charge is 2.28. The fourth-order valence-electron chi connectivity index (χ4n) is 4.81. The highest BCUT2D eigenvalue weighted by Crippen LogP contribution is 2.14. The van der Waals surface area contributed by atoms with E-state index in [0.717, 1.165) is 64.2 Å². The molecule has 0 rings (SSSR count). The number of hydrogen-bond acceptors (Lipinski definition) is 5. The summed E-state index contributed by atoms with van der Waals surface area (Å²) in [5.74, 6) is -0.599. The molecule has 6 heteroatoms. The smallest absolute Gasteiger partial charge is 0.249 e. The minimum Gasteiger partial charge on any atom is -0.394 e. The second kappa shape index (κ2) is 27.6. The number of aliphatic hydroxyl groups is 4. The van der Waals surface area contributed by atoms with Crippen molar-refractivity contribution >= 4 is 5.91 Å². The summed E-state index contributed by atoms with van der Waals surface area (Å²) in [5.41, 5.74) is 0. The fourth-order valence-corrected chi connectivity index (χ4v) is 4.81. The monoisotopic (exact) mass is 541 g/mol. The minimum atomic E-state index is -1.25. The molecule has 6 nitrogen and oxygen atoms in total. The predicted molar refractivity (Wildman–Crippen MR) is 159 cm³/mol. The first kappa shape index (κ1) is 37.0. The lowest BCUT2D eigenvalue weighted by Crippen LogP contribution is -2.53. The largest absolute Gasteiger partial charge is 0.394 e. The van der Waals surface area contributed by atoms with Gasteiger partial charge in [-0.2, -0.15) is 0 Å². The molecule has 4 unspecified atom stereocenters. The molecule has 4 atom stereocenters. The van der Waals surface area contributed by atoms with E-state index >= 15 is 0 Å². The van der Waals surface area contributed by atoms with E-state index in [2.05, 4.69) is 31.3 Å². The summed E-state index contributed by atoms with van der Waals surface area (Å²) >= 11 is 0. The molecule has 0 bridgehead atoms. The van der Waals surface area contributed by atoms with Crippen LogP contribution in [0.25, 0.3) is 0 Å². The molecule has 0 saturated carbocycles. The normalized spacial score (nSPS) is 15.0. The number of nitrogens with one attached hydrogen (secondary N) is 1. The maximum Gasteiger partial charge on any atom is 0.249 e. The van der Waals surface area contributed by atoms with Crippen molar-refractivity contribution in [3.63, 3.8) is 0 Å². The Morgan fingerprint density at radius 3 is 1.53 bits per heavy atom. The molecule has 0 aliphatic carbocycles. The van der Waals surface area contributed by atoms with Crippen molar-refractivity contribution in [3.05, 3.63) is 12.2 Å². The van der Waals surface area contributed by atoms with E-state index in [9.17, 15) is 25.2 Å². The van der Waals surface area contributed by atoms with Gasteiger partial charge < -0.3 is 25.7 Å². The molecular weight excluding hydrogens is 478 g/mol. The summed E-state index contributed by atoms with van der Waals surface area (Å²) in [6.07, 6.45) is 25.6. The first-order valence-corrected chi connectivity index (χ1v) is 16.1. The Hall–Kier alpha value is -0.950. The lowest BCUT2D eigenvalue weighted by Gasteiger charge is -2.27. The van der Waals surface area contributed by atoms with Crippen LogP contribution in [-0.2, 0) is 4.79 Å². The lowest BCUT2D eigenvalue weighted by molar-refractivity contribution is -0.132. The van der Waals surface area contributed by atoms with E-state index < -0.39 is 36.9 Å². The van der Waals surface area contributed by atoms with Crippen LogP contribution in [-0.4, -0.2) is 57.3 Å². The van der Waals surface area contributed by atoms with Gasteiger partial charge in [0, 0.05) is 0 Å². The number of carbonyl (C=O) groups is 1. The molecule has 0 spiro atoms. The molecule has 0 radical (unpaired) electrons. The standard InChI is InChI=1S/C32H63NO5/c1-3-5-7-9-10-11-12-13-14-15-16-17-18-19-20-22-24-26-30(36)32(38)33-28(27-34)31(37)29(35)25-23-21-8-6-4-2/h16-17,28-31,34-37H,3-15,18-27H2,1-2H3,(H,33,38)/b17-16-. The van der Waals surface area contributed by atoms with Crippen LogP contribution in [0.2, 0.25) is 0 Å². The summed E-state index contributed by atoms with van der Waals surface area (Å²) in [6.45, 7) is 3.91. The average molecular weight is 542 g/mol. The Morgan fingerprint density at radius 1 is 0.632 bits per heavy atom. The van der Waals surface area contributed by atoms with Crippen LogP contribution in [0.3, 0.4) is 0 Å². The molecule has 1 amide bonds. The van der Waals surface area contributed by atoms with E-state index in [0.29, 0.717) is 12.8 Å². The zero-order chi connectivity index (χ0) is 28.3. The van der Waals surface area contributed by atoms with Gasteiger partial charge in [-0.05, 0) is 38.5 Å².